The summed E-state index contributed by atoms with van der Waals surface area (Å²) in [5.74, 6) is -2.99. The molecule has 2 aromatic rings. The van der Waals surface area contributed by atoms with Gasteiger partial charge in [-0.2, -0.15) is 0 Å². The highest BCUT2D eigenvalue weighted by molar-refractivity contribution is 6.22. The molecule has 1 atom stereocenters. The Kier molecular flexibility index (Phi) is 6.21. The fourth-order valence-electron chi connectivity index (χ4n) is 3.07. The fraction of sp³-hybridized carbons (Fsp3) is 0.190. The number of carbonyl (C=O) groups is 5. The maximum Gasteiger partial charge on any atom is 0.330 e. The Balaban J connectivity index is 1.82. The van der Waals surface area contributed by atoms with Crippen LogP contribution in [0.3, 0.4) is 0 Å². The Hall–Kier alpha value is -4.01. The van der Waals surface area contributed by atoms with Crippen LogP contribution >= 0.6 is 0 Å². The van der Waals surface area contributed by atoms with E-state index in [2.05, 4.69) is 5.32 Å². The van der Waals surface area contributed by atoms with Crippen LogP contribution in [0.25, 0.3) is 0 Å². The molecule has 2 aromatic carbocycles. The van der Waals surface area contributed by atoms with E-state index in [-0.39, 0.29) is 17.5 Å². The van der Waals surface area contributed by atoms with Gasteiger partial charge in [-0.1, -0.05) is 42.5 Å². The van der Waals surface area contributed by atoms with Crippen LogP contribution in [0.4, 0.5) is 4.79 Å². The molecule has 0 unspecified atom stereocenters. The molecule has 0 saturated heterocycles. The molecule has 154 valence electrons. The van der Waals surface area contributed by atoms with Gasteiger partial charge in [0, 0.05) is 13.5 Å². The number of esters is 1. The van der Waals surface area contributed by atoms with E-state index in [1.807, 2.05) is 5.32 Å². The van der Waals surface area contributed by atoms with Crippen LogP contribution in [0.5, 0.6) is 0 Å². The van der Waals surface area contributed by atoms with E-state index < -0.39 is 42.4 Å². The average molecular weight is 409 g/mol. The molecule has 0 saturated carbocycles. The third-order valence-corrected chi connectivity index (χ3v) is 4.51. The van der Waals surface area contributed by atoms with Crippen molar-refractivity contribution in [3.8, 4) is 0 Å². The second-order valence-electron chi connectivity index (χ2n) is 6.47. The van der Waals surface area contributed by atoms with E-state index >= 15 is 0 Å². The molecule has 0 fully saturated rings. The molecule has 0 spiro atoms. The van der Waals surface area contributed by atoms with Gasteiger partial charge in [0.2, 0.25) is 0 Å². The Labute approximate surface area is 172 Å². The van der Waals surface area contributed by atoms with Gasteiger partial charge in [0.05, 0.1) is 11.1 Å². The van der Waals surface area contributed by atoms with Gasteiger partial charge in [-0.05, 0) is 17.7 Å². The third-order valence-electron chi connectivity index (χ3n) is 4.51. The first kappa shape index (κ1) is 20.7. The largest absolute Gasteiger partial charge is 0.454 e. The predicted octanol–water partition coefficient (Wildman–Crippen LogP) is 0.893. The third kappa shape index (κ3) is 4.35. The number of nitrogens with one attached hydrogen (secondary N) is 2. The second kappa shape index (κ2) is 8.99. The summed E-state index contributed by atoms with van der Waals surface area (Å²) in [6.07, 6.45) is 0.0161. The van der Waals surface area contributed by atoms with E-state index in [9.17, 15) is 24.0 Å². The number of ether oxygens (including phenoxy) is 1. The van der Waals surface area contributed by atoms with E-state index in [1.54, 1.807) is 42.5 Å². The smallest absolute Gasteiger partial charge is 0.330 e. The van der Waals surface area contributed by atoms with Gasteiger partial charge >= 0.3 is 12.0 Å². The van der Waals surface area contributed by atoms with E-state index in [1.165, 1.54) is 19.2 Å². The van der Waals surface area contributed by atoms with Crippen LogP contribution in [0.1, 0.15) is 26.3 Å². The number of fused-ring (bicyclic) bond motifs is 1. The zero-order valence-corrected chi connectivity index (χ0v) is 16.1. The van der Waals surface area contributed by atoms with Crippen molar-refractivity contribution in [1.29, 1.82) is 0 Å². The lowest BCUT2D eigenvalue weighted by atomic mass is 10.0. The van der Waals surface area contributed by atoms with Crippen molar-refractivity contribution in [3.63, 3.8) is 0 Å². The zero-order chi connectivity index (χ0) is 21.7. The number of imide groups is 2. The Morgan fingerprint density at radius 2 is 1.50 bits per heavy atom. The standard InChI is InChI=1S/C21H19N3O6/c1-22-21(29)23-17(25)12-30-20(28)16(11-13-7-3-2-4-8-13)24-18(26)14-9-5-6-10-15(14)19(24)27/h2-10,16H,11-12H2,1H3,(H2,22,23,25,29)/t16-/m0/s1. The Bertz CT molecular complexity index is 970. The molecule has 1 aliphatic heterocycles. The summed E-state index contributed by atoms with van der Waals surface area (Å²) in [4.78, 5) is 62.2. The van der Waals surface area contributed by atoms with Crippen LogP contribution in [-0.2, 0) is 20.7 Å². The molecule has 3 rings (SSSR count). The molecular weight excluding hydrogens is 390 g/mol. The summed E-state index contributed by atoms with van der Waals surface area (Å²) < 4.78 is 5.01. The molecule has 0 aromatic heterocycles. The van der Waals surface area contributed by atoms with Gasteiger partial charge in [-0.15, -0.1) is 0 Å². The van der Waals surface area contributed by atoms with Gasteiger partial charge < -0.3 is 10.1 Å². The molecule has 1 aliphatic rings. The number of nitrogens with zero attached hydrogens (tertiary/aromatic N) is 1. The highest BCUT2D eigenvalue weighted by atomic mass is 16.5. The molecule has 9 nitrogen and oxygen atoms in total. The molecule has 1 heterocycles. The number of hydrogen-bond acceptors (Lipinski definition) is 6. The van der Waals surface area contributed by atoms with Crippen LogP contribution in [-0.4, -0.2) is 54.3 Å². The number of carbonyl (C=O) groups excluding carboxylic acids is 5. The zero-order valence-electron chi connectivity index (χ0n) is 16.1. The van der Waals surface area contributed by atoms with Gasteiger partial charge in [0.1, 0.15) is 6.04 Å². The van der Waals surface area contributed by atoms with Crippen LogP contribution in [0.15, 0.2) is 54.6 Å². The summed E-state index contributed by atoms with van der Waals surface area (Å²) in [7, 11) is 1.33. The Morgan fingerprint density at radius 3 is 2.07 bits per heavy atom. The maximum absolute atomic E-state index is 12.8. The van der Waals surface area contributed by atoms with Crippen molar-refractivity contribution < 1.29 is 28.7 Å². The first-order valence-electron chi connectivity index (χ1n) is 9.11. The lowest BCUT2D eigenvalue weighted by Gasteiger charge is -2.24. The van der Waals surface area contributed by atoms with Crippen molar-refractivity contribution in [2.45, 2.75) is 12.5 Å². The second-order valence-corrected chi connectivity index (χ2v) is 6.47. The lowest BCUT2D eigenvalue weighted by molar-refractivity contribution is -0.152. The molecule has 0 aliphatic carbocycles. The summed E-state index contributed by atoms with van der Waals surface area (Å²) in [5, 5.41) is 4.16. The normalized spacial score (nSPS) is 13.4. The van der Waals surface area contributed by atoms with Crippen molar-refractivity contribution >= 4 is 29.7 Å². The fourth-order valence-corrected chi connectivity index (χ4v) is 3.07. The van der Waals surface area contributed by atoms with Crippen LogP contribution in [0, 0.1) is 0 Å². The summed E-state index contributed by atoms with van der Waals surface area (Å²) in [5.41, 5.74) is 1.10. The lowest BCUT2D eigenvalue weighted by Crippen LogP contribution is -2.48. The Morgan fingerprint density at radius 1 is 0.933 bits per heavy atom. The first-order valence-corrected chi connectivity index (χ1v) is 9.11. The monoisotopic (exact) mass is 409 g/mol. The SMILES string of the molecule is CNC(=O)NC(=O)COC(=O)[C@H](Cc1ccccc1)N1C(=O)c2ccccc2C1=O. The first-order chi connectivity index (χ1) is 14.4. The van der Waals surface area contributed by atoms with Gasteiger partial charge in [0.25, 0.3) is 17.7 Å². The molecule has 0 radical (unpaired) electrons. The van der Waals surface area contributed by atoms with Crippen molar-refractivity contribution in [3.05, 3.63) is 71.3 Å². The topological polar surface area (TPSA) is 122 Å². The number of rotatable bonds is 6. The van der Waals surface area contributed by atoms with Crippen LogP contribution < -0.4 is 10.6 Å². The number of urea groups is 1. The molecular formula is C21H19N3O6. The van der Waals surface area contributed by atoms with Crippen molar-refractivity contribution in [2.75, 3.05) is 13.7 Å². The summed E-state index contributed by atoms with van der Waals surface area (Å²) in [6, 6.07) is 13.1. The van der Waals surface area contributed by atoms with Gasteiger partial charge in [-0.3, -0.25) is 24.6 Å². The summed E-state index contributed by atoms with van der Waals surface area (Å²) in [6.45, 7) is -0.735. The minimum Gasteiger partial charge on any atom is -0.454 e. The van der Waals surface area contributed by atoms with E-state index in [0.717, 1.165) is 4.90 Å². The summed E-state index contributed by atoms with van der Waals surface area (Å²) >= 11 is 0. The molecule has 0 bridgehead atoms. The molecule has 2 N–H and O–H groups in total. The van der Waals surface area contributed by atoms with Gasteiger partial charge in [-0.25, -0.2) is 9.59 Å². The van der Waals surface area contributed by atoms with Crippen molar-refractivity contribution in [2.24, 2.45) is 0 Å². The van der Waals surface area contributed by atoms with Crippen LogP contribution in [0.2, 0.25) is 0 Å². The maximum atomic E-state index is 12.8. The number of benzene rings is 2. The van der Waals surface area contributed by atoms with Gasteiger partial charge in [0.15, 0.2) is 6.61 Å². The van der Waals surface area contributed by atoms with Crippen molar-refractivity contribution in [1.82, 2.24) is 15.5 Å². The minimum atomic E-state index is -1.27. The highest BCUT2D eigenvalue weighted by Gasteiger charge is 2.43. The minimum absolute atomic E-state index is 0.0161. The number of amides is 5. The highest BCUT2D eigenvalue weighted by Crippen LogP contribution is 2.26. The quantitative estimate of drug-likeness (QED) is 0.540. The average Bonchev–Trinajstić information content (AvgIpc) is 3.01. The predicted molar refractivity (Wildman–Crippen MR) is 104 cm³/mol. The molecule has 9 heteroatoms. The van der Waals surface area contributed by atoms with E-state index in [4.69, 9.17) is 4.74 Å². The number of hydrogen-bond donors (Lipinski definition) is 2. The molecule has 5 amide bonds. The molecule has 30 heavy (non-hydrogen) atoms. The van der Waals surface area contributed by atoms with E-state index in [0.29, 0.717) is 5.56 Å².